The van der Waals surface area contributed by atoms with Crippen molar-refractivity contribution in [3.63, 3.8) is 0 Å². The van der Waals surface area contributed by atoms with Crippen LogP contribution in [0.5, 0.6) is 5.75 Å². The summed E-state index contributed by atoms with van der Waals surface area (Å²) in [5.74, 6) is 2.03. The van der Waals surface area contributed by atoms with Crippen LogP contribution in [0, 0.1) is 0 Å². The molecule has 3 rings (SSSR count). The Morgan fingerprint density at radius 1 is 1.14 bits per heavy atom. The normalized spacial score (nSPS) is 13.8. The van der Waals surface area contributed by atoms with Crippen LogP contribution in [0.3, 0.4) is 0 Å². The number of amides is 2. The third kappa shape index (κ3) is 5.54. The van der Waals surface area contributed by atoms with Gasteiger partial charge in [-0.15, -0.1) is 0 Å². The highest BCUT2D eigenvalue weighted by atomic mass is 32.2. The highest BCUT2D eigenvalue weighted by Gasteiger charge is 2.23. The largest absolute Gasteiger partial charge is 0.497 e. The Hall–Kier alpha value is -2.47. The Morgan fingerprint density at radius 3 is 2.38 bits per heavy atom. The van der Waals surface area contributed by atoms with Crippen LogP contribution in [0.2, 0.25) is 0 Å². The molecular formula is C23H28N2O3S. The van der Waals surface area contributed by atoms with Crippen LogP contribution in [-0.2, 0) is 11.3 Å². The number of hydrogen-bond donors (Lipinski definition) is 0. The van der Waals surface area contributed by atoms with Gasteiger partial charge in [0.15, 0.2) is 0 Å². The molecule has 0 saturated carbocycles. The second-order valence-electron chi connectivity index (χ2n) is 7.43. The maximum Gasteiger partial charge on any atom is 0.281 e. The fraction of sp³-hybridized carbons (Fsp3) is 0.391. The molecule has 0 aromatic heterocycles. The van der Waals surface area contributed by atoms with E-state index in [1.54, 1.807) is 16.9 Å². The van der Waals surface area contributed by atoms with E-state index in [0.29, 0.717) is 25.4 Å². The molecule has 2 aromatic carbocycles. The number of benzene rings is 2. The topological polar surface area (TPSA) is 49.9 Å². The van der Waals surface area contributed by atoms with E-state index < -0.39 is 0 Å². The molecule has 0 aliphatic carbocycles. The molecule has 0 unspecified atom stereocenters. The molecule has 154 valence electrons. The van der Waals surface area contributed by atoms with Crippen molar-refractivity contribution < 1.29 is 14.3 Å². The maximum atomic E-state index is 13.1. The third-order valence-electron chi connectivity index (χ3n) is 5.11. The fourth-order valence-electron chi connectivity index (χ4n) is 3.27. The number of methoxy groups -OCH3 is 1. The van der Waals surface area contributed by atoms with E-state index in [9.17, 15) is 9.59 Å². The van der Waals surface area contributed by atoms with E-state index in [2.05, 4.69) is 38.1 Å². The van der Waals surface area contributed by atoms with Gasteiger partial charge in [-0.1, -0.05) is 49.9 Å². The minimum absolute atomic E-state index is 0.00722. The zero-order chi connectivity index (χ0) is 20.8. The fourth-order valence-corrected chi connectivity index (χ4v) is 4.12. The second kappa shape index (κ2) is 9.83. The first-order valence-corrected chi connectivity index (χ1v) is 10.9. The van der Waals surface area contributed by atoms with Crippen molar-refractivity contribution in [1.82, 2.24) is 4.90 Å². The number of carbonyl (C=O) groups excluding carboxylic acids is 2. The summed E-state index contributed by atoms with van der Waals surface area (Å²) in [7, 11) is 1.62. The van der Waals surface area contributed by atoms with E-state index in [1.807, 2.05) is 24.3 Å². The van der Waals surface area contributed by atoms with E-state index in [1.165, 1.54) is 17.3 Å². The molecule has 1 saturated heterocycles. The van der Waals surface area contributed by atoms with Crippen molar-refractivity contribution in [2.75, 3.05) is 30.9 Å². The minimum Gasteiger partial charge on any atom is -0.497 e. The van der Waals surface area contributed by atoms with Crippen LogP contribution in [0.25, 0.3) is 0 Å². The van der Waals surface area contributed by atoms with Gasteiger partial charge in [-0.3, -0.25) is 9.59 Å². The van der Waals surface area contributed by atoms with Crippen LogP contribution in [0.15, 0.2) is 48.5 Å². The summed E-state index contributed by atoms with van der Waals surface area (Å²) in [6, 6.07) is 15.9. The molecule has 5 nitrogen and oxygen atoms in total. The van der Waals surface area contributed by atoms with Crippen LogP contribution in [0.4, 0.5) is 10.5 Å². The molecule has 2 aromatic rings. The number of hydrogen-bond acceptors (Lipinski definition) is 4. The maximum absolute atomic E-state index is 13.1. The molecule has 0 bridgehead atoms. The SMILES string of the molecule is COc1ccc(N(Cc2ccc(C(C)C)cc2)C(=O)CCN2CCSC2=O)cc1. The van der Waals surface area contributed by atoms with Crippen molar-refractivity contribution in [2.24, 2.45) is 0 Å². The zero-order valence-electron chi connectivity index (χ0n) is 17.3. The van der Waals surface area contributed by atoms with Gasteiger partial charge in [-0.2, -0.15) is 0 Å². The second-order valence-corrected chi connectivity index (χ2v) is 8.47. The molecule has 1 fully saturated rings. The number of thioether (sulfide) groups is 1. The van der Waals surface area contributed by atoms with Crippen molar-refractivity contribution in [1.29, 1.82) is 0 Å². The van der Waals surface area contributed by atoms with Crippen molar-refractivity contribution in [3.05, 3.63) is 59.7 Å². The summed E-state index contributed by atoms with van der Waals surface area (Å²) < 4.78 is 5.24. The smallest absolute Gasteiger partial charge is 0.281 e. The van der Waals surface area contributed by atoms with Crippen molar-refractivity contribution in [2.45, 2.75) is 32.7 Å². The first-order chi connectivity index (χ1) is 14.0. The number of carbonyl (C=O) groups is 2. The molecule has 29 heavy (non-hydrogen) atoms. The number of rotatable bonds is 8. The first-order valence-electron chi connectivity index (χ1n) is 9.93. The Labute approximate surface area is 177 Å². The Morgan fingerprint density at radius 2 is 1.83 bits per heavy atom. The number of anilines is 1. The quantitative estimate of drug-likeness (QED) is 0.618. The van der Waals surface area contributed by atoms with Crippen LogP contribution < -0.4 is 9.64 Å². The summed E-state index contributed by atoms with van der Waals surface area (Å²) in [5, 5.41) is 0.0677. The molecule has 1 aliphatic heterocycles. The molecule has 0 radical (unpaired) electrons. The van der Waals surface area contributed by atoms with E-state index >= 15 is 0 Å². The Kier molecular flexibility index (Phi) is 7.20. The minimum atomic E-state index is 0.00722. The summed E-state index contributed by atoms with van der Waals surface area (Å²) >= 11 is 1.32. The molecule has 0 spiro atoms. The molecule has 2 amide bonds. The monoisotopic (exact) mass is 412 g/mol. The Balaban J connectivity index is 1.76. The van der Waals surface area contributed by atoms with E-state index in [4.69, 9.17) is 4.74 Å². The standard InChI is InChI=1S/C23H28N2O3S/c1-17(2)19-6-4-18(5-7-19)16-25(20-8-10-21(28-3)11-9-20)22(26)12-13-24-14-15-29-23(24)27/h4-11,17H,12-16H2,1-3H3. The average Bonchev–Trinajstić information content (AvgIpc) is 3.15. The van der Waals surface area contributed by atoms with E-state index in [-0.39, 0.29) is 11.1 Å². The van der Waals surface area contributed by atoms with Crippen LogP contribution in [0.1, 0.15) is 37.3 Å². The van der Waals surface area contributed by atoms with Crippen molar-refractivity contribution in [3.8, 4) is 5.75 Å². The number of nitrogens with zero attached hydrogens (tertiary/aromatic N) is 2. The van der Waals surface area contributed by atoms with Crippen molar-refractivity contribution >= 4 is 28.6 Å². The first kappa shape index (κ1) is 21.2. The summed E-state index contributed by atoms with van der Waals surface area (Å²) in [6.07, 6.45) is 0.308. The predicted molar refractivity (Wildman–Crippen MR) is 119 cm³/mol. The van der Waals surface area contributed by atoms with Gasteiger partial charge < -0.3 is 14.5 Å². The summed E-state index contributed by atoms with van der Waals surface area (Å²) in [6.45, 7) is 6.01. The van der Waals surface area contributed by atoms with Gasteiger partial charge in [-0.05, 0) is 41.3 Å². The summed E-state index contributed by atoms with van der Waals surface area (Å²) in [5.41, 5.74) is 3.18. The molecule has 0 N–H and O–H groups in total. The van der Waals surface area contributed by atoms with Crippen LogP contribution >= 0.6 is 11.8 Å². The van der Waals surface area contributed by atoms with Gasteiger partial charge in [-0.25, -0.2) is 0 Å². The highest BCUT2D eigenvalue weighted by molar-refractivity contribution is 8.13. The average molecular weight is 413 g/mol. The van der Waals surface area contributed by atoms with Gasteiger partial charge in [0.25, 0.3) is 5.24 Å². The lowest BCUT2D eigenvalue weighted by Crippen LogP contribution is -2.34. The molecule has 1 aliphatic rings. The van der Waals surface area contributed by atoms with E-state index in [0.717, 1.165) is 29.3 Å². The molecule has 0 atom stereocenters. The predicted octanol–water partition coefficient (Wildman–Crippen LogP) is 4.91. The van der Waals surface area contributed by atoms with Gasteiger partial charge >= 0.3 is 0 Å². The third-order valence-corrected chi connectivity index (χ3v) is 6.00. The molecule has 6 heteroatoms. The van der Waals surface area contributed by atoms with Crippen LogP contribution in [-0.4, -0.2) is 42.0 Å². The van der Waals surface area contributed by atoms with Gasteiger partial charge in [0.2, 0.25) is 5.91 Å². The highest BCUT2D eigenvalue weighted by Crippen LogP contribution is 2.24. The van der Waals surface area contributed by atoms with Gasteiger partial charge in [0.05, 0.1) is 13.7 Å². The lowest BCUT2D eigenvalue weighted by molar-refractivity contribution is -0.118. The van der Waals surface area contributed by atoms with Gasteiger partial charge in [0.1, 0.15) is 5.75 Å². The number of ether oxygens (including phenoxy) is 1. The molecular weight excluding hydrogens is 384 g/mol. The summed E-state index contributed by atoms with van der Waals surface area (Å²) in [4.78, 5) is 28.5. The van der Waals surface area contributed by atoms with Gasteiger partial charge in [0, 0.05) is 31.0 Å². The Bertz CT molecular complexity index is 834. The lowest BCUT2D eigenvalue weighted by Gasteiger charge is -2.25. The molecule has 1 heterocycles. The lowest BCUT2D eigenvalue weighted by atomic mass is 10.0. The zero-order valence-corrected chi connectivity index (χ0v) is 18.1.